The Labute approximate surface area is 118 Å². The number of aryl methyl sites for hydroxylation is 1. The molecule has 0 spiro atoms. The third-order valence-corrected chi connectivity index (χ3v) is 4.43. The number of nitrogens with zero attached hydrogens (tertiary/aromatic N) is 2. The Morgan fingerprint density at radius 3 is 2.89 bits per heavy atom. The van der Waals surface area contributed by atoms with Crippen molar-refractivity contribution in [1.82, 2.24) is 15.2 Å². The molecule has 0 amide bonds. The van der Waals surface area contributed by atoms with Gasteiger partial charge in [-0.15, -0.1) is 0 Å². The number of H-pyrrole nitrogens is 1. The zero-order valence-corrected chi connectivity index (χ0v) is 12.3. The molecule has 19 heavy (non-hydrogen) atoms. The monoisotopic (exact) mass is 346 g/mol. The second-order valence-corrected chi connectivity index (χ2v) is 6.20. The van der Waals surface area contributed by atoms with Crippen molar-refractivity contribution in [3.8, 4) is 0 Å². The molecule has 2 aromatic heterocycles. The quantitative estimate of drug-likeness (QED) is 0.769. The van der Waals surface area contributed by atoms with Crippen molar-refractivity contribution in [2.45, 2.75) is 18.6 Å². The molecule has 0 saturated carbocycles. The summed E-state index contributed by atoms with van der Waals surface area (Å²) in [4.78, 5) is 3.84. The number of sulfonamides is 1. The lowest BCUT2D eigenvalue weighted by atomic mass is 10.3. The third-order valence-electron chi connectivity index (χ3n) is 2.47. The fraction of sp³-hybridized carbons (Fsp3) is 0.200. The molecule has 0 bridgehead atoms. The number of rotatable bonds is 4. The molecule has 102 valence electrons. The summed E-state index contributed by atoms with van der Waals surface area (Å²) in [5.74, 6) is 0. The minimum Gasteiger partial charge on any atom is -0.392 e. The van der Waals surface area contributed by atoms with E-state index in [1.54, 1.807) is 6.92 Å². The molecular weight excluding hydrogens is 336 g/mol. The molecule has 0 aliphatic carbocycles. The number of aliphatic hydroxyl groups is 1. The summed E-state index contributed by atoms with van der Waals surface area (Å²) >= 11 is 3.20. The summed E-state index contributed by atoms with van der Waals surface area (Å²) in [6, 6.07) is 1.51. The van der Waals surface area contributed by atoms with Crippen molar-refractivity contribution in [2.24, 2.45) is 0 Å². The van der Waals surface area contributed by atoms with Crippen molar-refractivity contribution in [1.29, 1.82) is 0 Å². The van der Waals surface area contributed by atoms with Crippen LogP contribution in [0.2, 0.25) is 0 Å². The highest BCUT2D eigenvalue weighted by molar-refractivity contribution is 9.10. The minimum absolute atomic E-state index is 0.212. The van der Waals surface area contributed by atoms with Gasteiger partial charge in [-0.3, -0.25) is 14.8 Å². The first-order valence-corrected chi connectivity index (χ1v) is 7.50. The van der Waals surface area contributed by atoms with Crippen LogP contribution >= 0.6 is 15.9 Å². The first-order chi connectivity index (χ1) is 8.95. The number of halogens is 1. The van der Waals surface area contributed by atoms with E-state index in [4.69, 9.17) is 0 Å². The van der Waals surface area contributed by atoms with Crippen LogP contribution in [-0.2, 0) is 16.6 Å². The fourth-order valence-corrected chi connectivity index (χ4v) is 3.24. The van der Waals surface area contributed by atoms with Gasteiger partial charge in [0.2, 0.25) is 5.03 Å². The SMILES string of the molecule is Cc1[nH]nc(S(=O)(=O)Nc2ccncc2Br)c1CO. The average molecular weight is 347 g/mol. The number of nitrogens with one attached hydrogen (secondary N) is 2. The number of aromatic amines is 1. The van der Waals surface area contributed by atoms with Gasteiger partial charge in [-0.1, -0.05) is 0 Å². The van der Waals surface area contributed by atoms with Crippen LogP contribution in [-0.4, -0.2) is 28.7 Å². The van der Waals surface area contributed by atoms with E-state index in [0.717, 1.165) is 0 Å². The van der Waals surface area contributed by atoms with Gasteiger partial charge in [-0.25, -0.2) is 0 Å². The van der Waals surface area contributed by atoms with Gasteiger partial charge in [0.25, 0.3) is 10.0 Å². The minimum atomic E-state index is -3.87. The average Bonchev–Trinajstić information content (AvgIpc) is 2.74. The van der Waals surface area contributed by atoms with Crippen molar-refractivity contribution in [2.75, 3.05) is 4.72 Å². The number of anilines is 1. The van der Waals surface area contributed by atoms with Crippen LogP contribution in [0.4, 0.5) is 5.69 Å². The Morgan fingerprint density at radius 1 is 1.53 bits per heavy atom. The smallest absolute Gasteiger partial charge is 0.281 e. The van der Waals surface area contributed by atoms with E-state index in [1.807, 2.05) is 0 Å². The normalized spacial score (nSPS) is 11.5. The highest BCUT2D eigenvalue weighted by Crippen LogP contribution is 2.24. The summed E-state index contributed by atoms with van der Waals surface area (Å²) in [7, 11) is -3.87. The van der Waals surface area contributed by atoms with Gasteiger partial charge in [-0.05, 0) is 28.9 Å². The molecule has 0 aliphatic heterocycles. The molecule has 0 aliphatic rings. The van der Waals surface area contributed by atoms with Gasteiger partial charge in [0.1, 0.15) is 0 Å². The van der Waals surface area contributed by atoms with E-state index in [1.165, 1.54) is 18.5 Å². The third kappa shape index (κ3) is 2.77. The standard InChI is InChI=1S/C10H11BrN4O3S/c1-6-7(5-16)10(14-13-6)19(17,18)15-9-2-3-12-4-8(9)11/h2-4,16H,5H2,1H3,(H,12,15)(H,13,14). The number of pyridine rings is 1. The molecule has 0 unspecified atom stereocenters. The van der Waals surface area contributed by atoms with E-state index >= 15 is 0 Å². The van der Waals surface area contributed by atoms with Crippen molar-refractivity contribution in [3.05, 3.63) is 34.2 Å². The Morgan fingerprint density at radius 2 is 2.26 bits per heavy atom. The van der Waals surface area contributed by atoms with Gasteiger partial charge in [-0.2, -0.15) is 13.5 Å². The molecule has 0 fully saturated rings. The van der Waals surface area contributed by atoms with Crippen LogP contribution in [0.15, 0.2) is 28.0 Å². The van der Waals surface area contributed by atoms with E-state index in [9.17, 15) is 13.5 Å². The van der Waals surface area contributed by atoms with E-state index in [-0.39, 0.29) is 10.6 Å². The zero-order valence-electron chi connectivity index (χ0n) is 9.88. The maximum Gasteiger partial charge on any atom is 0.281 e. The molecule has 7 nitrogen and oxygen atoms in total. The van der Waals surface area contributed by atoms with Gasteiger partial charge in [0.15, 0.2) is 0 Å². The summed E-state index contributed by atoms with van der Waals surface area (Å²) in [5.41, 5.74) is 1.11. The highest BCUT2D eigenvalue weighted by atomic mass is 79.9. The molecule has 0 aromatic carbocycles. The Bertz CT molecular complexity index is 699. The molecule has 3 N–H and O–H groups in total. The number of hydrogen-bond donors (Lipinski definition) is 3. The molecule has 0 saturated heterocycles. The molecule has 2 heterocycles. The van der Waals surface area contributed by atoms with Gasteiger partial charge in [0, 0.05) is 23.7 Å². The lowest BCUT2D eigenvalue weighted by molar-refractivity contribution is 0.277. The summed E-state index contributed by atoms with van der Waals surface area (Å²) in [5, 5.41) is 15.2. The van der Waals surface area contributed by atoms with E-state index in [2.05, 4.69) is 35.8 Å². The second-order valence-electron chi connectivity index (χ2n) is 3.75. The summed E-state index contributed by atoms with van der Waals surface area (Å²) in [6.45, 7) is 1.23. The second kappa shape index (κ2) is 5.27. The highest BCUT2D eigenvalue weighted by Gasteiger charge is 2.24. The van der Waals surface area contributed by atoms with E-state index in [0.29, 0.717) is 15.9 Å². The lowest BCUT2D eigenvalue weighted by Crippen LogP contribution is -2.15. The fourth-order valence-electron chi connectivity index (χ4n) is 1.49. The summed E-state index contributed by atoms with van der Waals surface area (Å²) in [6.07, 6.45) is 2.94. The first kappa shape index (κ1) is 14.0. The van der Waals surface area contributed by atoms with Crippen molar-refractivity contribution < 1.29 is 13.5 Å². The molecular formula is C10H11BrN4O3S. The molecule has 9 heteroatoms. The lowest BCUT2D eigenvalue weighted by Gasteiger charge is -2.08. The number of hydrogen-bond acceptors (Lipinski definition) is 5. The maximum atomic E-state index is 12.2. The van der Waals surface area contributed by atoms with Gasteiger partial charge < -0.3 is 5.11 Å². The molecule has 0 radical (unpaired) electrons. The molecule has 2 rings (SSSR count). The van der Waals surface area contributed by atoms with E-state index < -0.39 is 16.6 Å². The van der Waals surface area contributed by atoms with Crippen LogP contribution in [0, 0.1) is 6.92 Å². The Balaban J connectivity index is 2.41. The number of aliphatic hydroxyl groups excluding tert-OH is 1. The van der Waals surface area contributed by atoms with Gasteiger partial charge >= 0.3 is 0 Å². The van der Waals surface area contributed by atoms with Gasteiger partial charge in [0.05, 0.1) is 16.8 Å². The Kier molecular flexibility index (Phi) is 3.88. The van der Waals surface area contributed by atoms with Crippen molar-refractivity contribution in [3.63, 3.8) is 0 Å². The van der Waals surface area contributed by atoms with Crippen LogP contribution < -0.4 is 4.72 Å². The first-order valence-electron chi connectivity index (χ1n) is 5.22. The molecule has 2 aromatic rings. The predicted octanol–water partition coefficient (Wildman–Crippen LogP) is 1.17. The largest absolute Gasteiger partial charge is 0.392 e. The van der Waals surface area contributed by atoms with Crippen molar-refractivity contribution >= 4 is 31.6 Å². The maximum absolute atomic E-state index is 12.2. The van der Waals surface area contributed by atoms with Crippen LogP contribution in [0.25, 0.3) is 0 Å². The molecule has 0 atom stereocenters. The zero-order chi connectivity index (χ0) is 14.0. The van der Waals surface area contributed by atoms with Crippen LogP contribution in [0.3, 0.4) is 0 Å². The van der Waals surface area contributed by atoms with Crippen LogP contribution in [0.1, 0.15) is 11.3 Å². The topological polar surface area (TPSA) is 108 Å². The van der Waals surface area contributed by atoms with Crippen LogP contribution in [0.5, 0.6) is 0 Å². The predicted molar refractivity (Wildman–Crippen MR) is 72.0 cm³/mol. The number of aromatic nitrogens is 3. The Hall–Kier alpha value is -1.45. The summed E-state index contributed by atoms with van der Waals surface area (Å²) < 4.78 is 27.3.